The summed E-state index contributed by atoms with van der Waals surface area (Å²) in [7, 11) is 1.91. The van der Waals surface area contributed by atoms with Crippen LogP contribution in [-0.2, 0) is 13.6 Å². The van der Waals surface area contributed by atoms with Gasteiger partial charge in [0.2, 0.25) is 0 Å². The highest BCUT2D eigenvalue weighted by Crippen LogP contribution is 2.16. The maximum Gasteiger partial charge on any atom is 0.0844 e. The first kappa shape index (κ1) is 8.07. The molecule has 0 aliphatic rings. The summed E-state index contributed by atoms with van der Waals surface area (Å²) in [5.74, 6) is 0. The molecule has 2 rings (SSSR count). The molecule has 2 aromatic heterocycles. The van der Waals surface area contributed by atoms with Crippen LogP contribution < -0.4 is 5.73 Å². The lowest BCUT2D eigenvalue weighted by Crippen LogP contribution is -1.98. The van der Waals surface area contributed by atoms with Crippen LogP contribution >= 0.6 is 0 Å². The predicted octanol–water partition coefficient (Wildman–Crippen LogP) is 0.874. The molecule has 4 nitrogen and oxygen atoms in total. The van der Waals surface area contributed by atoms with E-state index >= 15 is 0 Å². The molecule has 68 valence electrons. The molecule has 2 heterocycles. The van der Waals surface area contributed by atoms with Gasteiger partial charge in [0.1, 0.15) is 0 Å². The number of nitrogens with two attached hydrogens (primary N) is 1. The minimum absolute atomic E-state index is 0.481. The number of hydrogen-bond donors (Lipinski definition) is 2. The van der Waals surface area contributed by atoms with E-state index in [2.05, 4.69) is 10.1 Å². The lowest BCUT2D eigenvalue weighted by Gasteiger charge is -1.96. The van der Waals surface area contributed by atoms with Gasteiger partial charge < -0.3 is 10.7 Å². The van der Waals surface area contributed by atoms with Gasteiger partial charge in [0.15, 0.2) is 0 Å². The first-order valence-electron chi connectivity index (χ1n) is 4.18. The van der Waals surface area contributed by atoms with Gasteiger partial charge in [-0.15, -0.1) is 0 Å². The highest BCUT2D eigenvalue weighted by atomic mass is 15.3. The first-order chi connectivity index (χ1) is 6.31. The van der Waals surface area contributed by atoms with E-state index in [0.717, 1.165) is 17.1 Å². The normalized spacial score (nSPS) is 10.6. The zero-order valence-corrected chi connectivity index (χ0v) is 7.49. The third-order valence-electron chi connectivity index (χ3n) is 2.01. The summed E-state index contributed by atoms with van der Waals surface area (Å²) in [6, 6.07) is 5.97. The number of rotatable bonds is 2. The molecule has 4 heteroatoms. The Morgan fingerprint density at radius 1 is 1.62 bits per heavy atom. The largest absolute Gasteiger partial charge is 0.360 e. The summed E-state index contributed by atoms with van der Waals surface area (Å²) in [5.41, 5.74) is 8.53. The van der Waals surface area contributed by atoms with E-state index in [4.69, 9.17) is 5.73 Å². The van der Waals surface area contributed by atoms with Crippen LogP contribution in [-0.4, -0.2) is 14.8 Å². The van der Waals surface area contributed by atoms with Crippen molar-refractivity contribution in [1.29, 1.82) is 0 Å². The van der Waals surface area contributed by atoms with Gasteiger partial charge in [0.25, 0.3) is 0 Å². The van der Waals surface area contributed by atoms with Crippen molar-refractivity contribution in [3.05, 3.63) is 30.1 Å². The molecule has 0 bridgehead atoms. The SMILES string of the molecule is Cn1nc(CN)cc1-c1ccc[nH]1. The fourth-order valence-corrected chi connectivity index (χ4v) is 1.37. The molecule has 0 aromatic carbocycles. The molecule has 0 fully saturated rings. The molecule has 13 heavy (non-hydrogen) atoms. The first-order valence-corrected chi connectivity index (χ1v) is 4.18. The van der Waals surface area contributed by atoms with E-state index in [1.54, 1.807) is 0 Å². The van der Waals surface area contributed by atoms with Crippen molar-refractivity contribution in [2.45, 2.75) is 6.54 Å². The molecule has 0 aliphatic carbocycles. The summed E-state index contributed by atoms with van der Waals surface area (Å²) in [6.07, 6.45) is 1.89. The molecule has 0 radical (unpaired) electrons. The highest BCUT2D eigenvalue weighted by Gasteiger charge is 2.05. The molecule has 0 unspecified atom stereocenters. The number of hydrogen-bond acceptors (Lipinski definition) is 2. The summed E-state index contributed by atoms with van der Waals surface area (Å²) < 4.78 is 1.83. The summed E-state index contributed by atoms with van der Waals surface area (Å²) >= 11 is 0. The molecular formula is C9H12N4. The second kappa shape index (κ2) is 3.06. The van der Waals surface area contributed by atoms with Crippen LogP contribution in [0.25, 0.3) is 11.4 Å². The standard InChI is InChI=1S/C9H12N4/c1-13-9(5-7(6-10)12-13)8-3-2-4-11-8/h2-5,11H,6,10H2,1H3. The molecule has 0 atom stereocenters. The van der Waals surface area contributed by atoms with Crippen molar-refractivity contribution in [3.63, 3.8) is 0 Å². The van der Waals surface area contributed by atoms with Gasteiger partial charge in [-0.2, -0.15) is 5.10 Å². The van der Waals surface area contributed by atoms with Crippen molar-refractivity contribution in [3.8, 4) is 11.4 Å². The van der Waals surface area contributed by atoms with Gasteiger partial charge in [-0.3, -0.25) is 4.68 Å². The lowest BCUT2D eigenvalue weighted by atomic mass is 10.3. The summed E-state index contributed by atoms with van der Waals surface area (Å²) in [6.45, 7) is 0.481. The van der Waals surface area contributed by atoms with Crippen LogP contribution in [0.5, 0.6) is 0 Å². The number of H-pyrrole nitrogens is 1. The van der Waals surface area contributed by atoms with E-state index in [0.29, 0.717) is 6.54 Å². The quantitative estimate of drug-likeness (QED) is 0.713. The zero-order valence-electron chi connectivity index (χ0n) is 7.49. The monoisotopic (exact) mass is 176 g/mol. The van der Waals surface area contributed by atoms with Crippen LogP contribution in [0.15, 0.2) is 24.4 Å². The van der Waals surface area contributed by atoms with Gasteiger partial charge in [-0.05, 0) is 18.2 Å². The Morgan fingerprint density at radius 2 is 2.46 bits per heavy atom. The number of nitrogens with zero attached hydrogens (tertiary/aromatic N) is 2. The highest BCUT2D eigenvalue weighted by molar-refractivity contribution is 5.55. The van der Waals surface area contributed by atoms with Crippen molar-refractivity contribution < 1.29 is 0 Å². The minimum atomic E-state index is 0.481. The Morgan fingerprint density at radius 3 is 3.00 bits per heavy atom. The second-order valence-electron chi connectivity index (χ2n) is 2.93. The average molecular weight is 176 g/mol. The van der Waals surface area contributed by atoms with Crippen LogP contribution in [0.1, 0.15) is 5.69 Å². The average Bonchev–Trinajstić information content (AvgIpc) is 2.72. The zero-order chi connectivity index (χ0) is 9.26. The van der Waals surface area contributed by atoms with E-state index in [1.165, 1.54) is 0 Å². The van der Waals surface area contributed by atoms with Crippen LogP contribution in [0.4, 0.5) is 0 Å². The van der Waals surface area contributed by atoms with Gasteiger partial charge in [0.05, 0.1) is 17.1 Å². The third-order valence-corrected chi connectivity index (χ3v) is 2.01. The van der Waals surface area contributed by atoms with E-state index in [-0.39, 0.29) is 0 Å². The number of nitrogens with one attached hydrogen (secondary N) is 1. The smallest absolute Gasteiger partial charge is 0.0844 e. The van der Waals surface area contributed by atoms with Crippen molar-refractivity contribution in [2.75, 3.05) is 0 Å². The van der Waals surface area contributed by atoms with Crippen molar-refractivity contribution >= 4 is 0 Å². The Balaban J connectivity index is 2.46. The maximum atomic E-state index is 5.50. The van der Waals surface area contributed by atoms with Crippen molar-refractivity contribution in [1.82, 2.24) is 14.8 Å². The molecule has 0 saturated heterocycles. The van der Waals surface area contributed by atoms with Gasteiger partial charge in [0, 0.05) is 19.8 Å². The Hall–Kier alpha value is -1.55. The summed E-state index contributed by atoms with van der Waals surface area (Å²) in [4.78, 5) is 3.13. The molecule has 2 aromatic rings. The number of aryl methyl sites for hydroxylation is 1. The number of aromatic nitrogens is 3. The fraction of sp³-hybridized carbons (Fsp3) is 0.222. The van der Waals surface area contributed by atoms with Crippen LogP contribution in [0, 0.1) is 0 Å². The molecule has 0 spiro atoms. The van der Waals surface area contributed by atoms with Crippen LogP contribution in [0.3, 0.4) is 0 Å². The Labute approximate surface area is 76.4 Å². The molecule has 0 amide bonds. The minimum Gasteiger partial charge on any atom is -0.360 e. The van der Waals surface area contributed by atoms with Crippen LogP contribution in [0.2, 0.25) is 0 Å². The molecular weight excluding hydrogens is 164 g/mol. The van der Waals surface area contributed by atoms with Gasteiger partial charge >= 0.3 is 0 Å². The summed E-state index contributed by atoms with van der Waals surface area (Å²) in [5, 5.41) is 4.26. The van der Waals surface area contributed by atoms with E-state index in [1.807, 2.05) is 36.1 Å². The number of aromatic amines is 1. The second-order valence-corrected chi connectivity index (χ2v) is 2.93. The van der Waals surface area contributed by atoms with E-state index < -0.39 is 0 Å². The topological polar surface area (TPSA) is 59.6 Å². The fourth-order valence-electron chi connectivity index (χ4n) is 1.37. The lowest BCUT2D eigenvalue weighted by molar-refractivity contribution is 0.748. The maximum absolute atomic E-state index is 5.50. The van der Waals surface area contributed by atoms with Crippen molar-refractivity contribution in [2.24, 2.45) is 12.8 Å². The molecule has 0 aliphatic heterocycles. The Kier molecular flexibility index (Phi) is 1.90. The molecule has 3 N–H and O–H groups in total. The van der Waals surface area contributed by atoms with E-state index in [9.17, 15) is 0 Å². The third kappa shape index (κ3) is 1.36. The Bertz CT molecular complexity index is 386. The predicted molar refractivity (Wildman–Crippen MR) is 50.9 cm³/mol. The van der Waals surface area contributed by atoms with Gasteiger partial charge in [-0.25, -0.2) is 0 Å². The van der Waals surface area contributed by atoms with Gasteiger partial charge in [-0.1, -0.05) is 0 Å². The molecule has 0 saturated carbocycles.